The van der Waals surface area contributed by atoms with E-state index in [0.29, 0.717) is 22.6 Å². The predicted octanol–water partition coefficient (Wildman–Crippen LogP) is 2.75. The van der Waals surface area contributed by atoms with Crippen molar-refractivity contribution in [3.8, 4) is 11.5 Å². The van der Waals surface area contributed by atoms with Gasteiger partial charge in [0.15, 0.2) is 11.5 Å². The predicted molar refractivity (Wildman–Crippen MR) is 91.1 cm³/mol. The third-order valence-electron chi connectivity index (χ3n) is 3.49. The molecule has 25 heavy (non-hydrogen) atoms. The number of rotatable bonds is 5. The van der Waals surface area contributed by atoms with Crippen LogP contribution in [0.3, 0.4) is 0 Å². The molecule has 1 amide bonds. The van der Waals surface area contributed by atoms with Gasteiger partial charge in [-0.3, -0.25) is 4.79 Å². The highest BCUT2D eigenvalue weighted by Crippen LogP contribution is 2.33. The molecule has 0 atom stereocenters. The number of nitrogens with one attached hydrogen (secondary N) is 1. The smallest absolute Gasteiger partial charge is 0.354 e. The highest BCUT2D eigenvalue weighted by atomic mass is 16.7. The number of amides is 1. The third kappa shape index (κ3) is 3.98. The van der Waals surface area contributed by atoms with Crippen LogP contribution in [-0.2, 0) is 9.53 Å². The van der Waals surface area contributed by atoms with E-state index in [9.17, 15) is 9.59 Å². The van der Waals surface area contributed by atoms with Gasteiger partial charge in [0.25, 0.3) is 5.91 Å². The van der Waals surface area contributed by atoms with Gasteiger partial charge in [0.05, 0.1) is 6.61 Å². The second kappa shape index (κ2) is 7.53. The molecule has 0 aromatic heterocycles. The molecule has 1 heterocycles. The fourth-order valence-electron chi connectivity index (χ4n) is 2.31. The minimum atomic E-state index is -0.607. The Morgan fingerprint density at radius 1 is 1.12 bits per heavy atom. The molecule has 6 heteroatoms. The first-order chi connectivity index (χ1) is 12.2. The molecule has 1 N–H and O–H groups in total. The van der Waals surface area contributed by atoms with E-state index < -0.39 is 5.97 Å². The van der Waals surface area contributed by atoms with Gasteiger partial charge in [-0.2, -0.15) is 0 Å². The summed E-state index contributed by atoms with van der Waals surface area (Å²) < 4.78 is 15.6. The third-order valence-corrected chi connectivity index (χ3v) is 3.49. The van der Waals surface area contributed by atoms with E-state index in [1.807, 2.05) is 6.07 Å². The first kappa shape index (κ1) is 16.6. The van der Waals surface area contributed by atoms with Gasteiger partial charge in [-0.1, -0.05) is 24.3 Å². The molecule has 6 nitrogen and oxygen atoms in total. The molecule has 128 valence electrons. The Kier molecular flexibility index (Phi) is 4.99. The topological polar surface area (TPSA) is 73.9 Å². The highest BCUT2D eigenvalue weighted by molar-refractivity contribution is 6.03. The van der Waals surface area contributed by atoms with Gasteiger partial charge in [-0.15, -0.1) is 0 Å². The minimum Gasteiger partial charge on any atom is -0.461 e. The molecule has 0 aliphatic carbocycles. The van der Waals surface area contributed by atoms with Crippen LogP contribution in [-0.4, -0.2) is 25.3 Å². The Bertz CT molecular complexity index is 814. The first-order valence-electron chi connectivity index (χ1n) is 7.82. The summed E-state index contributed by atoms with van der Waals surface area (Å²) in [7, 11) is 0. The van der Waals surface area contributed by atoms with Gasteiger partial charge in [0.2, 0.25) is 6.79 Å². The van der Waals surface area contributed by atoms with Gasteiger partial charge in [-0.25, -0.2) is 4.79 Å². The van der Waals surface area contributed by atoms with E-state index in [0.717, 1.165) is 0 Å². The molecule has 2 aromatic carbocycles. The van der Waals surface area contributed by atoms with E-state index in [4.69, 9.17) is 14.2 Å². The van der Waals surface area contributed by atoms with Gasteiger partial charge >= 0.3 is 5.97 Å². The van der Waals surface area contributed by atoms with Crippen LogP contribution in [0.25, 0.3) is 6.08 Å². The maximum absolute atomic E-state index is 12.3. The van der Waals surface area contributed by atoms with Crippen LogP contribution >= 0.6 is 0 Å². The maximum atomic E-state index is 12.3. The second-order valence-electron chi connectivity index (χ2n) is 5.21. The fraction of sp³-hybridized carbons (Fsp3) is 0.158. The van der Waals surface area contributed by atoms with E-state index in [-0.39, 0.29) is 25.0 Å². The molecule has 0 radical (unpaired) electrons. The van der Waals surface area contributed by atoms with Crippen molar-refractivity contribution in [1.29, 1.82) is 0 Å². The van der Waals surface area contributed by atoms with Crippen molar-refractivity contribution in [3.05, 3.63) is 65.4 Å². The Morgan fingerprint density at radius 2 is 1.88 bits per heavy atom. The summed E-state index contributed by atoms with van der Waals surface area (Å²) in [6, 6.07) is 13.9. The summed E-state index contributed by atoms with van der Waals surface area (Å²) >= 11 is 0. The van der Waals surface area contributed by atoms with Crippen molar-refractivity contribution in [3.63, 3.8) is 0 Å². The van der Waals surface area contributed by atoms with E-state index in [1.165, 1.54) is 0 Å². The highest BCUT2D eigenvalue weighted by Gasteiger charge is 2.17. The molecule has 0 saturated heterocycles. The molecule has 1 aliphatic heterocycles. The van der Waals surface area contributed by atoms with Crippen LogP contribution in [0, 0.1) is 0 Å². The van der Waals surface area contributed by atoms with Crippen LogP contribution < -0.4 is 14.8 Å². The van der Waals surface area contributed by atoms with Gasteiger partial charge in [-0.05, 0) is 42.8 Å². The van der Waals surface area contributed by atoms with Crippen LogP contribution in [0.5, 0.6) is 11.5 Å². The zero-order valence-corrected chi connectivity index (χ0v) is 13.7. The summed E-state index contributed by atoms with van der Waals surface area (Å²) in [5, 5.41) is 2.61. The molecular weight excluding hydrogens is 322 g/mol. The molecule has 0 spiro atoms. The Labute approximate surface area is 145 Å². The molecule has 2 aromatic rings. The average molecular weight is 339 g/mol. The minimum absolute atomic E-state index is 0.0505. The quantitative estimate of drug-likeness (QED) is 0.670. The van der Waals surface area contributed by atoms with Crippen LogP contribution in [0.15, 0.2) is 54.2 Å². The van der Waals surface area contributed by atoms with Crippen LogP contribution in [0.4, 0.5) is 0 Å². The van der Waals surface area contributed by atoms with Crippen molar-refractivity contribution in [1.82, 2.24) is 5.32 Å². The number of fused-ring (bicyclic) bond motifs is 1. The zero-order valence-electron chi connectivity index (χ0n) is 13.7. The molecule has 0 unspecified atom stereocenters. The summed E-state index contributed by atoms with van der Waals surface area (Å²) in [5.74, 6) is 0.236. The largest absolute Gasteiger partial charge is 0.461 e. The van der Waals surface area contributed by atoms with Gasteiger partial charge < -0.3 is 19.5 Å². The van der Waals surface area contributed by atoms with Gasteiger partial charge in [0.1, 0.15) is 5.70 Å². The first-order valence-corrected chi connectivity index (χ1v) is 7.82. The van der Waals surface area contributed by atoms with Crippen molar-refractivity contribution < 1.29 is 23.8 Å². The molecule has 0 fully saturated rings. The van der Waals surface area contributed by atoms with Crippen LogP contribution in [0.1, 0.15) is 22.8 Å². The SMILES string of the molecule is CCOC(=O)/C(=C/c1ccc2c(c1)OCO2)NC(=O)c1ccccc1. The second-order valence-corrected chi connectivity index (χ2v) is 5.21. The summed E-state index contributed by atoms with van der Waals surface area (Å²) in [6.07, 6.45) is 1.54. The number of hydrogen-bond acceptors (Lipinski definition) is 5. The Morgan fingerprint density at radius 3 is 2.64 bits per heavy atom. The number of esters is 1. The average Bonchev–Trinajstić information content (AvgIpc) is 3.10. The van der Waals surface area contributed by atoms with Crippen molar-refractivity contribution >= 4 is 18.0 Å². The number of carbonyl (C=O) groups is 2. The molecule has 0 saturated carbocycles. The lowest BCUT2D eigenvalue weighted by molar-refractivity contribution is -0.138. The Balaban J connectivity index is 1.86. The number of ether oxygens (including phenoxy) is 3. The lowest BCUT2D eigenvalue weighted by atomic mass is 10.1. The van der Waals surface area contributed by atoms with E-state index in [2.05, 4.69) is 5.32 Å². The molecular formula is C19H17NO5. The number of benzene rings is 2. The van der Waals surface area contributed by atoms with E-state index in [1.54, 1.807) is 55.5 Å². The number of carbonyl (C=O) groups excluding carboxylic acids is 2. The van der Waals surface area contributed by atoms with Gasteiger partial charge in [0, 0.05) is 5.56 Å². The Hall–Kier alpha value is -3.28. The summed E-state index contributed by atoms with van der Waals surface area (Å²) in [4.78, 5) is 24.5. The molecule has 3 rings (SSSR count). The van der Waals surface area contributed by atoms with Crippen molar-refractivity contribution in [2.75, 3.05) is 13.4 Å². The zero-order chi connectivity index (χ0) is 17.6. The van der Waals surface area contributed by atoms with Crippen molar-refractivity contribution in [2.45, 2.75) is 6.92 Å². The van der Waals surface area contributed by atoms with Crippen molar-refractivity contribution in [2.24, 2.45) is 0 Å². The normalized spacial score (nSPS) is 12.6. The fourth-order valence-corrected chi connectivity index (χ4v) is 2.31. The molecule has 0 bridgehead atoms. The summed E-state index contributed by atoms with van der Waals surface area (Å²) in [5.41, 5.74) is 1.18. The lowest BCUT2D eigenvalue weighted by Gasteiger charge is -2.10. The monoisotopic (exact) mass is 339 g/mol. The number of hydrogen-bond donors (Lipinski definition) is 1. The lowest BCUT2D eigenvalue weighted by Crippen LogP contribution is -2.28. The summed E-state index contributed by atoms with van der Waals surface area (Å²) in [6.45, 7) is 2.08. The maximum Gasteiger partial charge on any atom is 0.354 e. The molecule has 1 aliphatic rings. The van der Waals surface area contributed by atoms with Crippen LogP contribution in [0.2, 0.25) is 0 Å². The standard InChI is InChI=1S/C19H17NO5/c1-2-23-19(22)15(20-18(21)14-6-4-3-5-7-14)10-13-8-9-16-17(11-13)25-12-24-16/h3-11H,2,12H2,1H3,(H,20,21)/b15-10-. The van der Waals surface area contributed by atoms with E-state index >= 15 is 0 Å².